The summed E-state index contributed by atoms with van der Waals surface area (Å²) in [5.41, 5.74) is 5.72. The van der Waals surface area contributed by atoms with Gasteiger partial charge in [0.25, 0.3) is 0 Å². The molecule has 0 amide bonds. The highest BCUT2D eigenvalue weighted by Gasteiger charge is 2.25. The van der Waals surface area contributed by atoms with Crippen LogP contribution < -0.4 is 10.6 Å². The Labute approximate surface area is 107 Å². The number of nitrogens with two attached hydrogens (primary N) is 1. The largest absolute Gasteiger partial charge is 0.343 e. The van der Waals surface area contributed by atoms with Crippen LogP contribution in [-0.4, -0.2) is 28.5 Å². The highest BCUT2D eigenvalue weighted by molar-refractivity contribution is 7.09. The predicted octanol–water partition coefficient (Wildman–Crippen LogP) is 2.37. The zero-order chi connectivity index (χ0) is 12.3. The van der Waals surface area contributed by atoms with Crippen molar-refractivity contribution in [2.45, 2.75) is 51.5 Å². The molecule has 1 saturated carbocycles. The van der Waals surface area contributed by atoms with Gasteiger partial charge in [0.1, 0.15) is 5.82 Å². The Morgan fingerprint density at radius 1 is 1.41 bits per heavy atom. The zero-order valence-corrected chi connectivity index (χ0v) is 11.5. The van der Waals surface area contributed by atoms with Gasteiger partial charge in [-0.15, -0.1) is 0 Å². The van der Waals surface area contributed by atoms with Gasteiger partial charge in [0.15, 0.2) is 0 Å². The lowest BCUT2D eigenvalue weighted by atomic mass is 10.2. The van der Waals surface area contributed by atoms with Crippen molar-refractivity contribution in [3.05, 3.63) is 5.82 Å². The van der Waals surface area contributed by atoms with Gasteiger partial charge >= 0.3 is 0 Å². The predicted molar refractivity (Wildman–Crippen MR) is 72.7 cm³/mol. The van der Waals surface area contributed by atoms with E-state index in [1.807, 2.05) is 0 Å². The molecule has 1 heterocycles. The maximum absolute atomic E-state index is 5.72. The molecule has 4 nitrogen and oxygen atoms in total. The molecule has 1 fully saturated rings. The van der Waals surface area contributed by atoms with Crippen molar-refractivity contribution < 1.29 is 0 Å². The van der Waals surface area contributed by atoms with Crippen LogP contribution in [0.15, 0.2) is 0 Å². The van der Waals surface area contributed by atoms with Crippen molar-refractivity contribution in [3.63, 3.8) is 0 Å². The van der Waals surface area contributed by atoms with Crippen LogP contribution in [0.2, 0.25) is 0 Å². The topological polar surface area (TPSA) is 55.0 Å². The van der Waals surface area contributed by atoms with Gasteiger partial charge in [0, 0.05) is 36.6 Å². The Balaban J connectivity index is 2.13. The third kappa shape index (κ3) is 2.96. The average molecular weight is 254 g/mol. The normalized spacial score (nSPS) is 16.9. The van der Waals surface area contributed by atoms with Gasteiger partial charge in [0.2, 0.25) is 5.13 Å². The summed E-state index contributed by atoms with van der Waals surface area (Å²) in [5.74, 6) is 1.37. The number of aromatic nitrogens is 2. The molecule has 0 unspecified atom stereocenters. The smallest absolute Gasteiger partial charge is 0.205 e. The number of anilines is 1. The Kier molecular flexibility index (Phi) is 4.34. The van der Waals surface area contributed by atoms with Crippen molar-refractivity contribution in [2.24, 2.45) is 5.73 Å². The van der Waals surface area contributed by atoms with E-state index in [2.05, 4.69) is 28.1 Å². The van der Waals surface area contributed by atoms with E-state index >= 15 is 0 Å². The second-order valence-corrected chi connectivity index (χ2v) is 5.74. The van der Waals surface area contributed by atoms with E-state index in [0.717, 1.165) is 17.5 Å². The molecule has 0 spiro atoms. The summed E-state index contributed by atoms with van der Waals surface area (Å²) in [7, 11) is 0. The Hall–Kier alpha value is -0.680. The molecule has 0 atom stereocenters. The van der Waals surface area contributed by atoms with E-state index in [4.69, 9.17) is 5.73 Å². The van der Waals surface area contributed by atoms with E-state index in [0.29, 0.717) is 18.5 Å². The molecule has 1 aliphatic rings. The van der Waals surface area contributed by atoms with Crippen LogP contribution in [0, 0.1) is 0 Å². The molecule has 1 aromatic heterocycles. The Morgan fingerprint density at radius 2 is 2.12 bits per heavy atom. The van der Waals surface area contributed by atoms with Gasteiger partial charge in [-0.05, 0) is 12.8 Å². The van der Waals surface area contributed by atoms with Crippen LogP contribution in [0.3, 0.4) is 0 Å². The lowest BCUT2D eigenvalue weighted by Crippen LogP contribution is -2.37. The fourth-order valence-corrected chi connectivity index (χ4v) is 3.27. The quantitative estimate of drug-likeness (QED) is 0.876. The number of hydrogen-bond acceptors (Lipinski definition) is 5. The van der Waals surface area contributed by atoms with Crippen molar-refractivity contribution in [2.75, 3.05) is 18.0 Å². The van der Waals surface area contributed by atoms with Crippen LogP contribution >= 0.6 is 11.5 Å². The summed E-state index contributed by atoms with van der Waals surface area (Å²) in [6.07, 6.45) is 5.22. The molecule has 0 radical (unpaired) electrons. The van der Waals surface area contributed by atoms with Crippen LogP contribution in [0.1, 0.15) is 51.3 Å². The molecule has 1 aliphatic carbocycles. The van der Waals surface area contributed by atoms with Crippen molar-refractivity contribution in [3.8, 4) is 0 Å². The lowest BCUT2D eigenvalue weighted by molar-refractivity contribution is 0.605. The molecule has 5 heteroatoms. The van der Waals surface area contributed by atoms with E-state index in [1.54, 1.807) is 0 Å². The lowest BCUT2D eigenvalue weighted by Gasteiger charge is -2.27. The molecular formula is C12H22N4S. The third-order valence-electron chi connectivity index (χ3n) is 3.33. The van der Waals surface area contributed by atoms with Crippen LogP contribution in [0.5, 0.6) is 0 Å². The van der Waals surface area contributed by atoms with E-state index in [1.165, 1.54) is 37.2 Å². The second kappa shape index (κ2) is 5.78. The van der Waals surface area contributed by atoms with E-state index < -0.39 is 0 Å². The van der Waals surface area contributed by atoms with Gasteiger partial charge in [-0.1, -0.05) is 26.7 Å². The van der Waals surface area contributed by atoms with Crippen LogP contribution in [-0.2, 0) is 0 Å². The van der Waals surface area contributed by atoms with Crippen LogP contribution in [0.4, 0.5) is 5.13 Å². The summed E-state index contributed by atoms with van der Waals surface area (Å²) in [6, 6.07) is 0.631. The standard InChI is InChI=1S/C12H22N4S/c1-9(2)11-14-12(17-15-11)16(8-7-13)10-5-3-4-6-10/h9-10H,3-8,13H2,1-2H3. The highest BCUT2D eigenvalue weighted by Crippen LogP contribution is 2.29. The molecule has 2 N–H and O–H groups in total. The van der Waals surface area contributed by atoms with Gasteiger partial charge < -0.3 is 10.6 Å². The summed E-state index contributed by atoms with van der Waals surface area (Å²) in [5, 5.41) is 1.06. The first-order chi connectivity index (χ1) is 8.22. The molecule has 2 rings (SSSR count). The number of rotatable bonds is 5. The minimum Gasteiger partial charge on any atom is -0.343 e. The molecule has 0 aromatic carbocycles. The third-order valence-corrected chi connectivity index (χ3v) is 4.10. The highest BCUT2D eigenvalue weighted by atomic mass is 32.1. The summed E-state index contributed by atoms with van der Waals surface area (Å²) in [4.78, 5) is 7.02. The molecule has 0 saturated heterocycles. The molecular weight excluding hydrogens is 232 g/mol. The van der Waals surface area contributed by atoms with Crippen molar-refractivity contribution in [1.82, 2.24) is 9.36 Å². The Bertz CT molecular complexity index is 344. The summed E-state index contributed by atoms with van der Waals surface area (Å²) < 4.78 is 4.44. The molecule has 96 valence electrons. The Morgan fingerprint density at radius 3 is 2.65 bits per heavy atom. The zero-order valence-electron chi connectivity index (χ0n) is 10.7. The van der Waals surface area contributed by atoms with Crippen molar-refractivity contribution >= 4 is 16.7 Å². The van der Waals surface area contributed by atoms with Gasteiger partial charge in [-0.2, -0.15) is 4.37 Å². The molecule has 1 aromatic rings. The maximum Gasteiger partial charge on any atom is 0.205 e. The number of nitrogens with zero attached hydrogens (tertiary/aromatic N) is 3. The summed E-state index contributed by atoms with van der Waals surface area (Å²) >= 11 is 1.52. The molecule has 0 aliphatic heterocycles. The fraction of sp³-hybridized carbons (Fsp3) is 0.833. The van der Waals surface area contributed by atoms with E-state index in [-0.39, 0.29) is 0 Å². The van der Waals surface area contributed by atoms with Gasteiger partial charge in [-0.3, -0.25) is 0 Å². The van der Waals surface area contributed by atoms with Crippen molar-refractivity contribution in [1.29, 1.82) is 0 Å². The maximum atomic E-state index is 5.72. The number of hydrogen-bond donors (Lipinski definition) is 1. The van der Waals surface area contributed by atoms with Gasteiger partial charge in [0.05, 0.1) is 0 Å². The first kappa shape index (κ1) is 12.8. The first-order valence-electron chi connectivity index (χ1n) is 6.52. The minimum absolute atomic E-state index is 0.406. The average Bonchev–Trinajstić information content (AvgIpc) is 2.97. The molecule has 0 bridgehead atoms. The first-order valence-corrected chi connectivity index (χ1v) is 7.30. The minimum atomic E-state index is 0.406. The monoisotopic (exact) mass is 254 g/mol. The fourth-order valence-electron chi connectivity index (χ4n) is 2.37. The second-order valence-electron chi connectivity index (χ2n) is 5.01. The summed E-state index contributed by atoms with van der Waals surface area (Å²) in [6.45, 7) is 5.85. The van der Waals surface area contributed by atoms with Crippen LogP contribution in [0.25, 0.3) is 0 Å². The van der Waals surface area contributed by atoms with Gasteiger partial charge in [-0.25, -0.2) is 4.98 Å². The van der Waals surface area contributed by atoms with E-state index in [9.17, 15) is 0 Å². The SMILES string of the molecule is CC(C)c1nsc(N(CCN)C2CCCC2)n1. The molecule has 17 heavy (non-hydrogen) atoms.